The van der Waals surface area contributed by atoms with Crippen LogP contribution >= 0.6 is 0 Å². The first kappa shape index (κ1) is 25.0. The average molecular weight is 486 g/mol. The van der Waals surface area contributed by atoms with Crippen LogP contribution in [0.2, 0.25) is 0 Å². The van der Waals surface area contributed by atoms with Crippen LogP contribution in [0.5, 0.6) is 0 Å². The maximum absolute atomic E-state index is 13.8. The SMILES string of the molecule is C=CCCC[C@H](C1=CC[C@H](CC=C)N1S(=O)(=O)c1ccc(C)cc1)S(=O)(=O)c1ccccc1. The van der Waals surface area contributed by atoms with E-state index in [4.69, 9.17) is 0 Å². The monoisotopic (exact) mass is 485 g/mol. The van der Waals surface area contributed by atoms with Gasteiger partial charge in [0.1, 0.15) is 5.25 Å². The highest BCUT2D eigenvalue weighted by atomic mass is 32.2. The fraction of sp³-hybridized carbons (Fsp3) is 0.308. The van der Waals surface area contributed by atoms with Crippen LogP contribution < -0.4 is 0 Å². The van der Waals surface area contributed by atoms with Gasteiger partial charge in [-0.1, -0.05) is 54.1 Å². The molecular weight excluding hydrogens is 454 g/mol. The molecule has 2 aromatic carbocycles. The number of aryl methyl sites for hydroxylation is 1. The lowest BCUT2D eigenvalue weighted by molar-refractivity contribution is 0.393. The summed E-state index contributed by atoms with van der Waals surface area (Å²) in [7, 11) is -7.78. The van der Waals surface area contributed by atoms with Crippen molar-refractivity contribution in [2.45, 2.75) is 60.1 Å². The Morgan fingerprint density at radius 2 is 1.64 bits per heavy atom. The molecule has 0 aliphatic carbocycles. The maximum atomic E-state index is 13.8. The number of sulfonamides is 1. The van der Waals surface area contributed by atoms with Crippen molar-refractivity contribution in [2.24, 2.45) is 0 Å². The minimum Gasteiger partial charge on any atom is -0.265 e. The van der Waals surface area contributed by atoms with Crippen LogP contribution in [-0.2, 0) is 19.9 Å². The predicted octanol–water partition coefficient (Wildman–Crippen LogP) is 5.42. The van der Waals surface area contributed by atoms with Crippen molar-refractivity contribution in [3.05, 3.63) is 97.2 Å². The van der Waals surface area contributed by atoms with Gasteiger partial charge in [-0.3, -0.25) is 4.31 Å². The van der Waals surface area contributed by atoms with Crippen LogP contribution in [-0.4, -0.2) is 32.4 Å². The first-order chi connectivity index (χ1) is 15.7. The number of nitrogens with zero attached hydrogens (tertiary/aromatic N) is 1. The Balaban J connectivity index is 2.11. The lowest BCUT2D eigenvalue weighted by Gasteiger charge is -2.32. The van der Waals surface area contributed by atoms with E-state index in [1.165, 1.54) is 4.31 Å². The third-order valence-electron chi connectivity index (χ3n) is 5.85. The quantitative estimate of drug-likeness (QED) is 0.315. The predicted molar refractivity (Wildman–Crippen MR) is 133 cm³/mol. The zero-order chi connectivity index (χ0) is 24.1. The molecule has 0 aromatic heterocycles. The molecule has 2 aromatic rings. The lowest BCUT2D eigenvalue weighted by Crippen LogP contribution is -2.41. The highest BCUT2D eigenvalue weighted by Gasteiger charge is 2.43. The van der Waals surface area contributed by atoms with Gasteiger partial charge in [-0.25, -0.2) is 16.8 Å². The van der Waals surface area contributed by atoms with E-state index in [0.29, 0.717) is 37.8 Å². The van der Waals surface area contributed by atoms with Crippen molar-refractivity contribution in [1.29, 1.82) is 0 Å². The van der Waals surface area contributed by atoms with Gasteiger partial charge in [0, 0.05) is 5.70 Å². The topological polar surface area (TPSA) is 71.5 Å². The third-order valence-corrected chi connectivity index (χ3v) is 9.90. The van der Waals surface area contributed by atoms with Gasteiger partial charge in [-0.15, -0.1) is 13.2 Å². The summed E-state index contributed by atoms with van der Waals surface area (Å²) in [5.41, 5.74) is 1.28. The van der Waals surface area contributed by atoms with Gasteiger partial charge in [0.05, 0.1) is 15.8 Å². The van der Waals surface area contributed by atoms with E-state index in [1.807, 2.05) is 6.92 Å². The van der Waals surface area contributed by atoms with Crippen molar-refractivity contribution < 1.29 is 16.8 Å². The number of unbranched alkanes of at least 4 members (excludes halogenated alkanes) is 1. The molecule has 33 heavy (non-hydrogen) atoms. The molecule has 1 heterocycles. The molecule has 0 unspecified atom stereocenters. The Morgan fingerprint density at radius 1 is 0.970 bits per heavy atom. The van der Waals surface area contributed by atoms with E-state index in [2.05, 4.69) is 13.2 Å². The minimum atomic E-state index is -3.96. The number of hydrogen-bond acceptors (Lipinski definition) is 4. The summed E-state index contributed by atoms with van der Waals surface area (Å²) in [6.45, 7) is 9.40. The molecule has 5 nitrogen and oxygen atoms in total. The summed E-state index contributed by atoms with van der Waals surface area (Å²) in [5, 5.41) is -0.977. The molecule has 1 aliphatic heterocycles. The second-order valence-corrected chi connectivity index (χ2v) is 12.2. The summed E-state index contributed by atoms with van der Waals surface area (Å²) >= 11 is 0. The number of hydrogen-bond donors (Lipinski definition) is 0. The molecule has 2 atom stereocenters. The largest absolute Gasteiger partial charge is 0.265 e. The zero-order valence-electron chi connectivity index (χ0n) is 18.9. The van der Waals surface area contributed by atoms with Crippen LogP contribution in [0.4, 0.5) is 0 Å². The van der Waals surface area contributed by atoms with Crippen molar-refractivity contribution >= 4 is 19.9 Å². The first-order valence-corrected chi connectivity index (χ1v) is 14.0. The number of rotatable bonds is 11. The van der Waals surface area contributed by atoms with E-state index < -0.39 is 31.2 Å². The van der Waals surface area contributed by atoms with Crippen molar-refractivity contribution in [3.63, 3.8) is 0 Å². The summed E-state index contributed by atoms with van der Waals surface area (Å²) in [5.74, 6) is 0. The van der Waals surface area contributed by atoms with Crippen LogP contribution in [0, 0.1) is 6.92 Å². The Kier molecular flexibility index (Phi) is 7.97. The Morgan fingerprint density at radius 3 is 2.24 bits per heavy atom. The smallest absolute Gasteiger partial charge is 0.264 e. The minimum absolute atomic E-state index is 0.150. The lowest BCUT2D eigenvalue weighted by atomic mass is 10.1. The zero-order valence-corrected chi connectivity index (χ0v) is 20.6. The summed E-state index contributed by atoms with van der Waals surface area (Å²) in [6, 6.07) is 14.5. The number of benzene rings is 2. The molecule has 0 bridgehead atoms. The molecule has 0 fully saturated rings. The van der Waals surface area contributed by atoms with Gasteiger partial charge in [-0.05, 0) is 63.3 Å². The summed E-state index contributed by atoms with van der Waals surface area (Å²) in [4.78, 5) is 0.339. The van der Waals surface area contributed by atoms with Crippen molar-refractivity contribution in [3.8, 4) is 0 Å². The molecule has 0 N–H and O–H groups in total. The Labute approximate surface area is 198 Å². The summed E-state index contributed by atoms with van der Waals surface area (Å²) in [6.07, 6.45) is 7.60. The standard InChI is InChI=1S/C26H31NO4S2/c1-4-6-8-14-26(32(28,29)23-12-9-7-10-13-23)25-20-17-22(11-5-2)27(25)33(30,31)24-18-15-21(3)16-19-24/h4-5,7,9-10,12-13,15-16,18-20,22,26H,1-2,6,8,11,14,17H2,3H3/t22-,26+/m0/s1. The second kappa shape index (κ2) is 10.5. The molecule has 0 spiro atoms. The number of sulfone groups is 1. The molecule has 0 saturated carbocycles. The van der Waals surface area contributed by atoms with Gasteiger partial charge in [0.25, 0.3) is 10.0 Å². The first-order valence-electron chi connectivity index (χ1n) is 11.1. The molecule has 176 valence electrons. The van der Waals surface area contributed by atoms with Crippen LogP contribution in [0.1, 0.15) is 37.7 Å². The fourth-order valence-electron chi connectivity index (χ4n) is 4.15. The average Bonchev–Trinajstić information content (AvgIpc) is 3.21. The van der Waals surface area contributed by atoms with E-state index in [-0.39, 0.29) is 9.79 Å². The molecule has 7 heteroatoms. The highest BCUT2D eigenvalue weighted by Crippen LogP contribution is 2.38. The second-order valence-electron chi connectivity index (χ2n) is 8.22. The Hall–Kier alpha value is -2.64. The van der Waals surface area contributed by atoms with E-state index in [0.717, 1.165) is 5.56 Å². The molecule has 1 aliphatic rings. The highest BCUT2D eigenvalue weighted by molar-refractivity contribution is 7.92. The normalized spacial score (nSPS) is 17.4. The van der Waals surface area contributed by atoms with Gasteiger partial charge in [-0.2, -0.15) is 0 Å². The van der Waals surface area contributed by atoms with Gasteiger partial charge >= 0.3 is 0 Å². The van der Waals surface area contributed by atoms with Crippen LogP contribution in [0.25, 0.3) is 0 Å². The molecular formula is C26H31NO4S2. The third kappa shape index (κ3) is 5.31. The summed E-state index contributed by atoms with van der Waals surface area (Å²) < 4.78 is 56.3. The number of allylic oxidation sites excluding steroid dienone is 1. The Bertz CT molecular complexity index is 1210. The van der Waals surface area contributed by atoms with Crippen LogP contribution in [0.15, 0.2) is 101 Å². The van der Waals surface area contributed by atoms with Crippen molar-refractivity contribution in [2.75, 3.05) is 0 Å². The molecule has 3 rings (SSSR count). The van der Waals surface area contributed by atoms with E-state index in [9.17, 15) is 16.8 Å². The fourth-order valence-corrected chi connectivity index (χ4v) is 7.84. The van der Waals surface area contributed by atoms with Gasteiger partial charge in [0.2, 0.25) is 0 Å². The molecule has 0 saturated heterocycles. The van der Waals surface area contributed by atoms with Crippen LogP contribution in [0.3, 0.4) is 0 Å². The molecule has 0 radical (unpaired) electrons. The van der Waals surface area contributed by atoms with E-state index >= 15 is 0 Å². The van der Waals surface area contributed by atoms with Gasteiger partial charge < -0.3 is 0 Å². The van der Waals surface area contributed by atoms with Gasteiger partial charge in [0.15, 0.2) is 9.84 Å². The maximum Gasteiger partial charge on any atom is 0.264 e. The molecule has 0 amide bonds. The van der Waals surface area contributed by atoms with E-state index in [1.54, 1.807) is 72.8 Å². The van der Waals surface area contributed by atoms with Crippen molar-refractivity contribution in [1.82, 2.24) is 4.31 Å².